The van der Waals surface area contributed by atoms with Crippen molar-refractivity contribution >= 4 is 28.8 Å². The number of alkyl halides is 3. The van der Waals surface area contributed by atoms with Gasteiger partial charge in [-0.25, -0.2) is 4.39 Å². The van der Waals surface area contributed by atoms with Gasteiger partial charge in [0, 0.05) is 49.5 Å². The minimum absolute atomic E-state index is 0.124. The van der Waals surface area contributed by atoms with Gasteiger partial charge in [0.2, 0.25) is 0 Å². The van der Waals surface area contributed by atoms with Crippen LogP contribution in [0.2, 0.25) is 5.02 Å². The molecule has 32 heavy (non-hydrogen) atoms. The van der Waals surface area contributed by atoms with Crippen LogP contribution < -0.4 is 0 Å². The van der Waals surface area contributed by atoms with Gasteiger partial charge in [-0.1, -0.05) is 17.7 Å². The number of carbonyl (C=O) groups is 1. The molecule has 0 saturated carbocycles. The maximum atomic E-state index is 14.0. The van der Waals surface area contributed by atoms with Gasteiger partial charge < -0.3 is 4.90 Å². The topological polar surface area (TPSA) is 41.4 Å². The molecule has 1 aliphatic rings. The van der Waals surface area contributed by atoms with Crippen molar-refractivity contribution in [2.75, 3.05) is 26.2 Å². The van der Waals surface area contributed by atoms with Crippen LogP contribution in [-0.2, 0) is 19.3 Å². The lowest BCUT2D eigenvalue weighted by Gasteiger charge is -2.34. The maximum Gasteiger partial charge on any atom is 0.435 e. The Balaban J connectivity index is 1.33. The Labute approximate surface area is 190 Å². The molecule has 1 saturated heterocycles. The Bertz CT molecular complexity index is 1090. The van der Waals surface area contributed by atoms with Crippen LogP contribution in [0.25, 0.3) is 0 Å². The summed E-state index contributed by atoms with van der Waals surface area (Å²) in [6, 6.07) is 7.21. The number of nitrogens with zero attached hydrogens (tertiary/aromatic N) is 4. The Morgan fingerprint density at radius 1 is 1.12 bits per heavy atom. The van der Waals surface area contributed by atoms with Crippen LogP contribution in [0.1, 0.15) is 26.5 Å². The number of benzene rings is 1. The summed E-state index contributed by atoms with van der Waals surface area (Å²) in [4.78, 5) is 17.1. The SMILES string of the molecule is O=C(c1cc(Cn2ccc(C(F)(F)F)n2)cs1)N1CCN(Cc2c(F)cccc2Cl)CC1. The van der Waals surface area contributed by atoms with Crippen LogP contribution in [0.5, 0.6) is 0 Å². The highest BCUT2D eigenvalue weighted by molar-refractivity contribution is 7.12. The van der Waals surface area contributed by atoms with E-state index < -0.39 is 11.9 Å². The third kappa shape index (κ3) is 5.13. The third-order valence-corrected chi connectivity index (χ3v) is 6.56. The molecule has 1 aliphatic heterocycles. The summed E-state index contributed by atoms with van der Waals surface area (Å²) in [6.45, 7) is 2.68. The zero-order valence-electron chi connectivity index (χ0n) is 16.8. The summed E-state index contributed by atoms with van der Waals surface area (Å²) in [7, 11) is 0. The molecule has 4 rings (SSSR count). The first-order valence-corrected chi connectivity index (χ1v) is 11.1. The van der Waals surface area contributed by atoms with E-state index in [0.29, 0.717) is 53.8 Å². The van der Waals surface area contributed by atoms with E-state index in [1.165, 1.54) is 28.3 Å². The van der Waals surface area contributed by atoms with Gasteiger partial charge in [-0.15, -0.1) is 11.3 Å². The number of aromatic nitrogens is 2. The summed E-state index contributed by atoms with van der Waals surface area (Å²) in [5.41, 5.74) is 0.214. The van der Waals surface area contributed by atoms with E-state index in [4.69, 9.17) is 11.6 Å². The smallest absolute Gasteiger partial charge is 0.335 e. The fourth-order valence-corrected chi connectivity index (χ4v) is 4.62. The average molecular weight is 487 g/mol. The lowest BCUT2D eigenvalue weighted by molar-refractivity contribution is -0.141. The van der Waals surface area contributed by atoms with E-state index in [1.807, 2.05) is 4.90 Å². The van der Waals surface area contributed by atoms with Crippen molar-refractivity contribution < 1.29 is 22.4 Å². The van der Waals surface area contributed by atoms with E-state index in [1.54, 1.807) is 28.5 Å². The van der Waals surface area contributed by atoms with Crippen molar-refractivity contribution in [1.82, 2.24) is 19.6 Å². The third-order valence-electron chi connectivity index (χ3n) is 5.24. The first kappa shape index (κ1) is 22.8. The van der Waals surface area contributed by atoms with Gasteiger partial charge >= 0.3 is 6.18 Å². The summed E-state index contributed by atoms with van der Waals surface area (Å²) in [6.07, 6.45) is -3.22. The molecule has 0 aliphatic carbocycles. The van der Waals surface area contributed by atoms with E-state index in [2.05, 4.69) is 5.10 Å². The number of carbonyl (C=O) groups excluding carboxylic acids is 1. The molecule has 3 aromatic rings. The van der Waals surface area contributed by atoms with Crippen LogP contribution in [-0.4, -0.2) is 51.7 Å². The summed E-state index contributed by atoms with van der Waals surface area (Å²) in [5.74, 6) is -0.470. The van der Waals surface area contributed by atoms with Gasteiger partial charge in [-0.2, -0.15) is 18.3 Å². The second-order valence-corrected chi connectivity index (χ2v) is 8.80. The summed E-state index contributed by atoms with van der Waals surface area (Å²) >= 11 is 7.36. The number of hydrogen-bond donors (Lipinski definition) is 0. The number of hydrogen-bond acceptors (Lipinski definition) is 4. The number of amides is 1. The molecule has 170 valence electrons. The van der Waals surface area contributed by atoms with Gasteiger partial charge in [0.15, 0.2) is 5.69 Å². The molecule has 1 aromatic carbocycles. The molecule has 5 nitrogen and oxygen atoms in total. The minimum Gasteiger partial charge on any atom is -0.335 e. The van der Waals surface area contributed by atoms with Crippen LogP contribution in [0.4, 0.5) is 17.6 Å². The van der Waals surface area contributed by atoms with E-state index in [0.717, 1.165) is 6.07 Å². The summed E-state index contributed by atoms with van der Waals surface area (Å²) in [5, 5.41) is 5.67. The van der Waals surface area contributed by atoms with Gasteiger partial charge in [0.1, 0.15) is 5.82 Å². The molecule has 0 bridgehead atoms. The first-order valence-electron chi connectivity index (χ1n) is 9.83. The molecular formula is C21H19ClF4N4OS. The molecule has 2 aromatic heterocycles. The molecule has 0 radical (unpaired) electrons. The standard InChI is InChI=1S/C21H19ClF4N4OS/c22-16-2-1-3-17(23)15(16)12-28-6-8-29(9-7-28)20(31)18-10-14(13-32-18)11-30-5-4-19(27-30)21(24,25)26/h1-5,10,13H,6-9,11-12H2. The van der Waals surface area contributed by atoms with Crippen molar-refractivity contribution in [2.45, 2.75) is 19.3 Å². The first-order chi connectivity index (χ1) is 15.2. The summed E-state index contributed by atoms with van der Waals surface area (Å²) < 4.78 is 53.3. The largest absolute Gasteiger partial charge is 0.435 e. The fraction of sp³-hybridized carbons (Fsp3) is 0.333. The van der Waals surface area contributed by atoms with Gasteiger partial charge in [0.25, 0.3) is 5.91 Å². The monoisotopic (exact) mass is 486 g/mol. The van der Waals surface area contributed by atoms with Crippen molar-refractivity contribution in [2.24, 2.45) is 0 Å². The number of rotatable bonds is 5. The molecule has 1 fully saturated rings. The number of thiophene rings is 1. The molecule has 0 spiro atoms. The van der Waals surface area contributed by atoms with Crippen LogP contribution in [0, 0.1) is 5.82 Å². The quantitative estimate of drug-likeness (QED) is 0.488. The molecular weight excluding hydrogens is 468 g/mol. The highest BCUT2D eigenvalue weighted by Crippen LogP contribution is 2.28. The van der Waals surface area contributed by atoms with Crippen LogP contribution in [0.3, 0.4) is 0 Å². The average Bonchev–Trinajstić information content (AvgIpc) is 3.41. The Kier molecular flexibility index (Phi) is 6.55. The van der Waals surface area contributed by atoms with Gasteiger partial charge in [0.05, 0.1) is 11.4 Å². The van der Waals surface area contributed by atoms with Crippen LogP contribution >= 0.6 is 22.9 Å². The highest BCUT2D eigenvalue weighted by Gasteiger charge is 2.33. The zero-order chi connectivity index (χ0) is 22.9. The van der Waals surface area contributed by atoms with Crippen LogP contribution in [0.15, 0.2) is 41.9 Å². The predicted molar refractivity (Wildman–Crippen MR) is 113 cm³/mol. The normalized spacial score (nSPS) is 15.3. The lowest BCUT2D eigenvalue weighted by Crippen LogP contribution is -2.48. The van der Waals surface area contributed by atoms with E-state index in [9.17, 15) is 22.4 Å². The second-order valence-electron chi connectivity index (χ2n) is 7.48. The maximum absolute atomic E-state index is 14.0. The van der Waals surface area contributed by atoms with Gasteiger partial charge in [-0.05, 0) is 35.2 Å². The molecule has 0 unspecified atom stereocenters. The molecule has 3 heterocycles. The van der Waals surface area contributed by atoms with Crippen molar-refractivity contribution in [1.29, 1.82) is 0 Å². The lowest BCUT2D eigenvalue weighted by atomic mass is 10.1. The second kappa shape index (κ2) is 9.21. The van der Waals surface area contributed by atoms with Crippen molar-refractivity contribution in [3.05, 3.63) is 74.4 Å². The molecule has 0 atom stereocenters. The molecule has 1 amide bonds. The number of halogens is 5. The Hall–Kier alpha value is -2.43. The molecule has 0 N–H and O–H groups in total. The van der Waals surface area contributed by atoms with Crippen molar-refractivity contribution in [3.63, 3.8) is 0 Å². The van der Waals surface area contributed by atoms with E-state index in [-0.39, 0.29) is 18.3 Å². The Morgan fingerprint density at radius 2 is 1.88 bits per heavy atom. The minimum atomic E-state index is -4.49. The molecule has 11 heteroatoms. The fourth-order valence-electron chi connectivity index (χ4n) is 3.53. The predicted octanol–water partition coefficient (Wildman–Crippen LogP) is 4.76. The van der Waals surface area contributed by atoms with E-state index >= 15 is 0 Å². The number of piperazine rings is 1. The Morgan fingerprint density at radius 3 is 2.53 bits per heavy atom. The zero-order valence-corrected chi connectivity index (χ0v) is 18.4. The highest BCUT2D eigenvalue weighted by atomic mass is 35.5. The van der Waals surface area contributed by atoms with Gasteiger partial charge in [-0.3, -0.25) is 14.4 Å². The van der Waals surface area contributed by atoms with Crippen molar-refractivity contribution in [3.8, 4) is 0 Å².